The zero-order valence-corrected chi connectivity index (χ0v) is 11.3. The van der Waals surface area contributed by atoms with E-state index in [1.165, 1.54) is 4.90 Å². The zero-order valence-electron chi connectivity index (χ0n) is 11.3. The van der Waals surface area contributed by atoms with Crippen molar-refractivity contribution < 1.29 is 14.7 Å². The molecule has 1 fully saturated rings. The minimum Gasteiger partial charge on any atom is -0.480 e. The smallest absolute Gasteiger partial charge is 0.327 e. The molecule has 1 N–H and O–H groups in total. The maximum absolute atomic E-state index is 12.3. The van der Waals surface area contributed by atoms with Crippen molar-refractivity contribution in [2.75, 3.05) is 4.90 Å². The third-order valence-electron chi connectivity index (χ3n) is 3.84. The van der Waals surface area contributed by atoms with Crippen LogP contribution in [0, 0.1) is 0 Å². The Hall–Kier alpha value is -2.62. The molecule has 0 spiro atoms. The van der Waals surface area contributed by atoms with Crippen molar-refractivity contribution in [3.63, 3.8) is 0 Å². The van der Waals surface area contributed by atoms with Gasteiger partial charge in [0.15, 0.2) is 0 Å². The molecule has 0 aromatic heterocycles. The number of amides is 1. The summed E-state index contributed by atoms with van der Waals surface area (Å²) in [6, 6.07) is 17.5. The van der Waals surface area contributed by atoms with E-state index < -0.39 is 12.0 Å². The van der Waals surface area contributed by atoms with E-state index in [-0.39, 0.29) is 18.2 Å². The minimum absolute atomic E-state index is 0.151. The van der Waals surface area contributed by atoms with Gasteiger partial charge in [-0.05, 0) is 17.7 Å². The number of hydrogen-bond acceptors (Lipinski definition) is 2. The molecule has 3 rings (SSSR count). The van der Waals surface area contributed by atoms with Gasteiger partial charge >= 0.3 is 5.97 Å². The van der Waals surface area contributed by atoms with E-state index in [2.05, 4.69) is 0 Å². The van der Waals surface area contributed by atoms with Crippen LogP contribution in [0.3, 0.4) is 0 Å². The lowest BCUT2D eigenvalue weighted by Crippen LogP contribution is -2.40. The van der Waals surface area contributed by atoms with Crippen LogP contribution in [0.2, 0.25) is 0 Å². The van der Waals surface area contributed by atoms with E-state index in [4.69, 9.17) is 0 Å². The molecule has 0 unspecified atom stereocenters. The zero-order chi connectivity index (χ0) is 14.8. The lowest BCUT2D eigenvalue weighted by Gasteiger charge is -2.25. The van der Waals surface area contributed by atoms with Gasteiger partial charge in [0.1, 0.15) is 6.04 Å². The van der Waals surface area contributed by atoms with Crippen LogP contribution in [0.1, 0.15) is 17.9 Å². The number of carbonyl (C=O) groups is 2. The molecule has 1 saturated heterocycles. The Kier molecular flexibility index (Phi) is 3.44. The van der Waals surface area contributed by atoms with Crippen molar-refractivity contribution in [3.05, 3.63) is 66.2 Å². The van der Waals surface area contributed by atoms with Gasteiger partial charge in [0.05, 0.1) is 0 Å². The van der Waals surface area contributed by atoms with Gasteiger partial charge in [0.2, 0.25) is 5.91 Å². The topological polar surface area (TPSA) is 57.6 Å². The summed E-state index contributed by atoms with van der Waals surface area (Å²) in [6.45, 7) is 0. The number of benzene rings is 2. The summed E-state index contributed by atoms with van der Waals surface area (Å²) < 4.78 is 0. The number of nitrogens with zero attached hydrogens (tertiary/aromatic N) is 1. The number of carboxylic acids is 1. The molecule has 2 atom stereocenters. The lowest BCUT2D eigenvalue weighted by atomic mass is 9.91. The van der Waals surface area contributed by atoms with Crippen LogP contribution in [0.5, 0.6) is 0 Å². The highest BCUT2D eigenvalue weighted by molar-refractivity contribution is 6.03. The van der Waals surface area contributed by atoms with E-state index in [9.17, 15) is 14.7 Å². The third kappa shape index (κ3) is 2.40. The number of hydrogen-bond donors (Lipinski definition) is 1. The van der Waals surface area contributed by atoms with Crippen LogP contribution < -0.4 is 4.90 Å². The van der Waals surface area contributed by atoms with Crippen molar-refractivity contribution in [2.45, 2.75) is 18.4 Å². The Balaban J connectivity index is 2.02. The monoisotopic (exact) mass is 281 g/mol. The SMILES string of the molecule is O=C(O)[C@H]1[C@H](c2ccccc2)CC(=O)N1c1ccccc1. The van der Waals surface area contributed by atoms with E-state index in [0.717, 1.165) is 5.56 Å². The highest BCUT2D eigenvalue weighted by atomic mass is 16.4. The van der Waals surface area contributed by atoms with E-state index in [1.807, 2.05) is 36.4 Å². The Morgan fingerprint density at radius 2 is 1.57 bits per heavy atom. The standard InChI is InChI=1S/C17H15NO3/c19-15-11-14(12-7-3-1-4-8-12)16(17(20)21)18(15)13-9-5-2-6-10-13/h1-10,14,16H,11H2,(H,20,21)/t14-,16+/m0/s1. The average Bonchev–Trinajstić information content (AvgIpc) is 2.87. The highest BCUT2D eigenvalue weighted by Crippen LogP contribution is 2.37. The van der Waals surface area contributed by atoms with Gasteiger partial charge in [-0.25, -0.2) is 4.79 Å². The van der Waals surface area contributed by atoms with E-state index in [1.54, 1.807) is 24.3 Å². The fraction of sp³-hybridized carbons (Fsp3) is 0.176. The third-order valence-corrected chi connectivity index (χ3v) is 3.84. The van der Waals surface area contributed by atoms with E-state index >= 15 is 0 Å². The first-order valence-corrected chi connectivity index (χ1v) is 6.83. The molecule has 2 aromatic carbocycles. The molecule has 0 aliphatic carbocycles. The normalized spacial score (nSPS) is 21.5. The number of anilines is 1. The van der Waals surface area contributed by atoms with Crippen molar-refractivity contribution in [3.8, 4) is 0 Å². The fourth-order valence-electron chi connectivity index (χ4n) is 2.91. The van der Waals surface area contributed by atoms with Crippen molar-refractivity contribution >= 4 is 17.6 Å². The maximum Gasteiger partial charge on any atom is 0.327 e. The predicted molar refractivity (Wildman–Crippen MR) is 79.2 cm³/mol. The largest absolute Gasteiger partial charge is 0.480 e. The van der Waals surface area contributed by atoms with Crippen LogP contribution in [0.15, 0.2) is 60.7 Å². The number of carbonyl (C=O) groups excluding carboxylic acids is 1. The van der Waals surface area contributed by atoms with Crippen molar-refractivity contribution in [1.82, 2.24) is 0 Å². The van der Waals surface area contributed by atoms with Crippen LogP contribution >= 0.6 is 0 Å². The molecule has 0 radical (unpaired) electrons. The molecule has 0 bridgehead atoms. The molecule has 106 valence electrons. The molecule has 4 nitrogen and oxygen atoms in total. The number of aliphatic carboxylic acids is 1. The van der Waals surface area contributed by atoms with Gasteiger partial charge < -0.3 is 5.11 Å². The minimum atomic E-state index is -0.974. The van der Waals surface area contributed by atoms with Gasteiger partial charge in [-0.1, -0.05) is 48.5 Å². The molecule has 1 amide bonds. The Morgan fingerprint density at radius 1 is 1.00 bits per heavy atom. The second-order valence-electron chi connectivity index (χ2n) is 5.10. The average molecular weight is 281 g/mol. The number of para-hydroxylation sites is 1. The molecule has 1 aliphatic heterocycles. The van der Waals surface area contributed by atoms with Gasteiger partial charge in [-0.3, -0.25) is 9.69 Å². The summed E-state index contributed by atoms with van der Waals surface area (Å²) in [7, 11) is 0. The van der Waals surface area contributed by atoms with Crippen LogP contribution in [0.4, 0.5) is 5.69 Å². The summed E-state index contributed by atoms with van der Waals surface area (Å²) in [5.74, 6) is -1.45. The van der Waals surface area contributed by atoms with Gasteiger partial charge in [-0.15, -0.1) is 0 Å². The second-order valence-corrected chi connectivity index (χ2v) is 5.10. The first-order valence-electron chi connectivity index (χ1n) is 6.83. The van der Waals surface area contributed by atoms with Crippen molar-refractivity contribution in [2.24, 2.45) is 0 Å². The summed E-state index contributed by atoms with van der Waals surface area (Å²) in [5, 5.41) is 9.60. The molecular formula is C17H15NO3. The first kappa shape index (κ1) is 13.4. The van der Waals surface area contributed by atoms with Crippen LogP contribution in [-0.4, -0.2) is 23.0 Å². The maximum atomic E-state index is 12.3. The Morgan fingerprint density at radius 3 is 2.14 bits per heavy atom. The first-order chi connectivity index (χ1) is 10.2. The summed E-state index contributed by atoms with van der Waals surface area (Å²) in [4.78, 5) is 25.5. The van der Waals surface area contributed by atoms with E-state index in [0.29, 0.717) is 5.69 Å². The molecule has 21 heavy (non-hydrogen) atoms. The van der Waals surface area contributed by atoms with Crippen molar-refractivity contribution in [1.29, 1.82) is 0 Å². The van der Waals surface area contributed by atoms with Crippen LogP contribution in [-0.2, 0) is 9.59 Å². The quantitative estimate of drug-likeness (QED) is 0.941. The Bertz CT molecular complexity index is 654. The van der Waals surface area contributed by atoms with Gasteiger partial charge in [0, 0.05) is 18.0 Å². The molecular weight excluding hydrogens is 266 g/mol. The Labute approximate surface area is 122 Å². The predicted octanol–water partition coefficient (Wildman–Crippen LogP) is 2.66. The molecule has 2 aromatic rings. The van der Waals surface area contributed by atoms with Crippen LogP contribution in [0.25, 0.3) is 0 Å². The number of rotatable bonds is 3. The van der Waals surface area contributed by atoms with Gasteiger partial charge in [-0.2, -0.15) is 0 Å². The summed E-state index contributed by atoms with van der Waals surface area (Å²) in [5.41, 5.74) is 1.52. The fourth-order valence-corrected chi connectivity index (χ4v) is 2.91. The molecule has 0 saturated carbocycles. The summed E-state index contributed by atoms with van der Waals surface area (Å²) in [6.07, 6.45) is 0.218. The lowest BCUT2D eigenvalue weighted by molar-refractivity contribution is -0.139. The molecule has 1 heterocycles. The number of carboxylic acid groups (broad SMARTS) is 1. The highest BCUT2D eigenvalue weighted by Gasteiger charge is 2.45. The van der Waals surface area contributed by atoms with Gasteiger partial charge in [0.25, 0.3) is 0 Å². The summed E-state index contributed by atoms with van der Waals surface area (Å²) >= 11 is 0. The molecule has 1 aliphatic rings. The molecule has 4 heteroatoms. The second kappa shape index (κ2) is 5.40.